The van der Waals surface area contributed by atoms with Crippen LogP contribution in [0.2, 0.25) is 0 Å². The lowest BCUT2D eigenvalue weighted by atomic mass is 10.2. The fourth-order valence-corrected chi connectivity index (χ4v) is 1.58. The summed E-state index contributed by atoms with van der Waals surface area (Å²) >= 11 is 0. The average molecular weight is 275 g/mol. The van der Waals surface area contributed by atoms with Crippen LogP contribution >= 0.6 is 0 Å². The fourth-order valence-electron chi connectivity index (χ4n) is 1.58. The van der Waals surface area contributed by atoms with Crippen molar-refractivity contribution in [3.05, 3.63) is 72.5 Å². The van der Waals surface area contributed by atoms with Crippen molar-refractivity contribution in [2.24, 2.45) is 0 Å². The number of hydrogen-bond acceptors (Lipinski definition) is 5. The zero-order valence-electron chi connectivity index (χ0n) is 10.3. The summed E-state index contributed by atoms with van der Waals surface area (Å²) in [5.41, 5.74) is -1.28. The van der Waals surface area contributed by atoms with E-state index in [4.69, 9.17) is 0 Å². The Balaban J connectivity index is 2.46. The van der Waals surface area contributed by atoms with Crippen LogP contribution in [0.15, 0.2) is 40.1 Å². The Hall–Kier alpha value is -3.03. The lowest BCUT2D eigenvalue weighted by Crippen LogP contribution is -2.34. The van der Waals surface area contributed by atoms with Crippen molar-refractivity contribution in [2.45, 2.75) is 6.92 Å². The molecule has 0 fully saturated rings. The van der Waals surface area contributed by atoms with E-state index in [0.29, 0.717) is 0 Å². The first-order valence-electron chi connectivity index (χ1n) is 5.52. The van der Waals surface area contributed by atoms with Crippen molar-refractivity contribution >= 4 is 11.6 Å². The maximum atomic E-state index is 12.1. The van der Waals surface area contributed by atoms with Crippen molar-refractivity contribution in [2.75, 3.05) is 0 Å². The molecule has 0 radical (unpaired) electrons. The highest BCUT2D eigenvalue weighted by Gasteiger charge is 2.13. The minimum Gasteiger partial charge on any atom is -0.273 e. The second kappa shape index (κ2) is 4.92. The average Bonchev–Trinajstić information content (AvgIpc) is 2.42. The molecular formula is C12H9N3O5. The number of aromatic amines is 1. The SMILES string of the molecule is Cc1cn(C(=O)c2ccc([N+](=O)[O-])cc2)c(=O)[nH]c1=O. The first-order valence-corrected chi connectivity index (χ1v) is 5.52. The van der Waals surface area contributed by atoms with Crippen LogP contribution in [0, 0.1) is 17.0 Å². The van der Waals surface area contributed by atoms with E-state index in [0.717, 1.165) is 22.9 Å². The molecule has 1 heterocycles. The van der Waals surface area contributed by atoms with E-state index in [1.165, 1.54) is 19.1 Å². The topological polar surface area (TPSA) is 115 Å². The van der Waals surface area contributed by atoms with E-state index in [2.05, 4.69) is 0 Å². The summed E-state index contributed by atoms with van der Waals surface area (Å²) in [4.78, 5) is 46.8. The number of nitrogens with zero attached hydrogens (tertiary/aromatic N) is 2. The number of nitro benzene ring substituents is 1. The minimum atomic E-state index is -0.857. The van der Waals surface area contributed by atoms with Crippen LogP contribution < -0.4 is 11.2 Å². The number of carbonyl (C=O) groups excluding carboxylic acids is 1. The summed E-state index contributed by atoms with van der Waals surface area (Å²) in [6.45, 7) is 1.46. The van der Waals surface area contributed by atoms with Crippen LogP contribution in [0.1, 0.15) is 15.9 Å². The molecule has 0 saturated heterocycles. The third-order valence-electron chi connectivity index (χ3n) is 2.66. The molecule has 0 amide bonds. The monoisotopic (exact) mass is 275 g/mol. The van der Waals surface area contributed by atoms with Crippen molar-refractivity contribution in [3.8, 4) is 0 Å². The highest BCUT2D eigenvalue weighted by Crippen LogP contribution is 2.12. The molecule has 0 aliphatic rings. The van der Waals surface area contributed by atoms with Gasteiger partial charge in [0.1, 0.15) is 0 Å². The third kappa shape index (κ3) is 2.39. The second-order valence-electron chi connectivity index (χ2n) is 4.05. The van der Waals surface area contributed by atoms with Gasteiger partial charge in [-0.3, -0.25) is 24.7 Å². The summed E-state index contributed by atoms with van der Waals surface area (Å²) in [6.07, 6.45) is 1.13. The molecule has 0 unspecified atom stereocenters. The summed E-state index contributed by atoms with van der Waals surface area (Å²) in [5.74, 6) is -0.677. The number of non-ortho nitro benzene ring substituents is 1. The van der Waals surface area contributed by atoms with E-state index >= 15 is 0 Å². The normalized spacial score (nSPS) is 10.2. The van der Waals surface area contributed by atoms with E-state index < -0.39 is 22.1 Å². The van der Waals surface area contributed by atoms with Crippen LogP contribution in [-0.4, -0.2) is 20.4 Å². The minimum absolute atomic E-state index is 0.101. The van der Waals surface area contributed by atoms with Gasteiger partial charge in [-0.25, -0.2) is 9.36 Å². The number of carbonyl (C=O) groups is 1. The Morgan fingerprint density at radius 2 is 1.85 bits per heavy atom. The predicted molar refractivity (Wildman–Crippen MR) is 68.9 cm³/mol. The molecule has 1 aromatic carbocycles. The molecule has 1 aromatic heterocycles. The molecule has 2 rings (SSSR count). The molecule has 2 aromatic rings. The third-order valence-corrected chi connectivity index (χ3v) is 2.66. The first kappa shape index (κ1) is 13.4. The van der Waals surface area contributed by atoms with Gasteiger partial charge in [0.2, 0.25) is 0 Å². The first-order chi connectivity index (χ1) is 9.40. The molecular weight excluding hydrogens is 266 g/mol. The van der Waals surface area contributed by atoms with Gasteiger partial charge in [0.05, 0.1) is 4.92 Å². The van der Waals surface area contributed by atoms with Gasteiger partial charge in [0, 0.05) is 29.5 Å². The van der Waals surface area contributed by atoms with Crippen LogP contribution in [0.5, 0.6) is 0 Å². The van der Waals surface area contributed by atoms with Gasteiger partial charge in [-0.2, -0.15) is 0 Å². The lowest BCUT2D eigenvalue weighted by Gasteiger charge is -2.04. The van der Waals surface area contributed by atoms with Crippen molar-refractivity contribution in [1.29, 1.82) is 0 Å². The standard InChI is InChI=1S/C12H9N3O5/c1-7-6-14(12(18)13-10(7)16)11(17)8-2-4-9(5-3-8)15(19)20/h2-6H,1H3,(H,13,16,18). The lowest BCUT2D eigenvalue weighted by molar-refractivity contribution is -0.384. The molecule has 0 saturated carbocycles. The van der Waals surface area contributed by atoms with Gasteiger partial charge in [0.25, 0.3) is 17.2 Å². The van der Waals surface area contributed by atoms with Crippen LogP contribution in [0.4, 0.5) is 5.69 Å². The Morgan fingerprint density at radius 3 is 2.40 bits per heavy atom. The molecule has 0 spiro atoms. The number of rotatable bonds is 2. The Kier molecular flexibility index (Phi) is 3.30. The Labute approximate surface area is 111 Å². The van der Waals surface area contributed by atoms with E-state index in [9.17, 15) is 24.5 Å². The summed E-state index contributed by atoms with van der Waals surface area (Å²) in [5, 5.41) is 10.5. The van der Waals surface area contributed by atoms with E-state index in [1.54, 1.807) is 0 Å². The van der Waals surface area contributed by atoms with Gasteiger partial charge in [-0.15, -0.1) is 0 Å². The molecule has 20 heavy (non-hydrogen) atoms. The second-order valence-corrected chi connectivity index (χ2v) is 4.05. The maximum absolute atomic E-state index is 12.1. The quantitative estimate of drug-likeness (QED) is 0.630. The molecule has 102 valence electrons. The predicted octanol–water partition coefficient (Wildman–Crippen LogP) is 0.442. The zero-order valence-corrected chi connectivity index (χ0v) is 10.3. The molecule has 0 atom stereocenters. The number of nitrogens with one attached hydrogen (secondary N) is 1. The highest BCUT2D eigenvalue weighted by atomic mass is 16.6. The number of aromatic nitrogens is 2. The number of hydrogen-bond donors (Lipinski definition) is 1. The van der Waals surface area contributed by atoms with Crippen LogP contribution in [0.25, 0.3) is 0 Å². The smallest absolute Gasteiger partial charge is 0.273 e. The number of aryl methyl sites for hydroxylation is 1. The number of nitro groups is 1. The highest BCUT2D eigenvalue weighted by molar-refractivity contribution is 5.95. The zero-order chi connectivity index (χ0) is 14.9. The van der Waals surface area contributed by atoms with Crippen LogP contribution in [0.3, 0.4) is 0 Å². The van der Waals surface area contributed by atoms with Crippen molar-refractivity contribution in [3.63, 3.8) is 0 Å². The van der Waals surface area contributed by atoms with Gasteiger partial charge in [-0.05, 0) is 19.1 Å². The maximum Gasteiger partial charge on any atom is 0.335 e. The molecule has 0 aliphatic heterocycles. The summed E-state index contributed by atoms with van der Waals surface area (Å²) in [6, 6.07) is 4.81. The van der Waals surface area contributed by atoms with Crippen molar-refractivity contribution < 1.29 is 9.72 Å². The molecule has 1 N–H and O–H groups in total. The molecule has 0 bridgehead atoms. The van der Waals surface area contributed by atoms with Gasteiger partial charge < -0.3 is 0 Å². The fraction of sp³-hybridized carbons (Fsp3) is 0.0833. The summed E-state index contributed by atoms with van der Waals surface area (Å²) in [7, 11) is 0. The van der Waals surface area contributed by atoms with Crippen LogP contribution in [-0.2, 0) is 0 Å². The molecule has 8 nitrogen and oxygen atoms in total. The van der Waals surface area contributed by atoms with E-state index in [-0.39, 0.29) is 16.8 Å². The molecule has 0 aliphatic carbocycles. The van der Waals surface area contributed by atoms with Gasteiger partial charge in [0.15, 0.2) is 0 Å². The number of H-pyrrole nitrogens is 1. The number of benzene rings is 1. The summed E-state index contributed by atoms with van der Waals surface area (Å²) < 4.78 is 0.748. The molecule has 8 heteroatoms. The largest absolute Gasteiger partial charge is 0.335 e. The Morgan fingerprint density at radius 1 is 1.25 bits per heavy atom. The van der Waals surface area contributed by atoms with Crippen molar-refractivity contribution in [1.82, 2.24) is 9.55 Å². The van der Waals surface area contributed by atoms with E-state index in [1.807, 2.05) is 4.98 Å². The van der Waals surface area contributed by atoms with Gasteiger partial charge in [-0.1, -0.05) is 0 Å². The Bertz CT molecular complexity index is 801. The van der Waals surface area contributed by atoms with Gasteiger partial charge >= 0.3 is 5.69 Å².